The van der Waals surface area contributed by atoms with Crippen LogP contribution in [0.5, 0.6) is 11.5 Å². The highest BCUT2D eigenvalue weighted by atomic mass is 35.5. The summed E-state index contributed by atoms with van der Waals surface area (Å²) in [5.41, 5.74) is 0.170. The van der Waals surface area contributed by atoms with Crippen LogP contribution >= 0.6 is 11.6 Å². The number of methoxy groups -OCH3 is 2. The van der Waals surface area contributed by atoms with Gasteiger partial charge in [-0.1, -0.05) is 11.6 Å². The molecule has 0 aliphatic heterocycles. The Bertz CT molecular complexity index is 448. The highest BCUT2D eigenvalue weighted by Crippen LogP contribution is 2.39. The maximum Gasteiger partial charge on any atom is 0.310 e. The SMILES string of the molecule is COc1c(Cl)cc(C(C)C(=O)O)c(OC)c1F. The van der Waals surface area contributed by atoms with Gasteiger partial charge in [-0.25, -0.2) is 0 Å². The zero-order valence-electron chi connectivity index (χ0n) is 9.58. The molecular formula is C11H12ClFO4. The van der Waals surface area contributed by atoms with E-state index in [9.17, 15) is 9.18 Å². The molecule has 0 radical (unpaired) electrons. The Balaban J connectivity index is 3.46. The van der Waals surface area contributed by atoms with Gasteiger partial charge < -0.3 is 14.6 Å². The van der Waals surface area contributed by atoms with Crippen LogP contribution in [0.2, 0.25) is 5.02 Å². The van der Waals surface area contributed by atoms with Crippen molar-refractivity contribution in [2.45, 2.75) is 12.8 Å². The van der Waals surface area contributed by atoms with Crippen molar-refractivity contribution in [1.29, 1.82) is 0 Å². The largest absolute Gasteiger partial charge is 0.493 e. The molecule has 1 aromatic rings. The fraction of sp³-hybridized carbons (Fsp3) is 0.364. The third kappa shape index (κ3) is 2.44. The second-order valence-corrected chi connectivity index (χ2v) is 3.80. The summed E-state index contributed by atoms with van der Waals surface area (Å²) in [6.45, 7) is 1.42. The Labute approximate surface area is 103 Å². The third-order valence-electron chi connectivity index (χ3n) is 2.41. The maximum atomic E-state index is 13.9. The van der Waals surface area contributed by atoms with Crippen LogP contribution in [0.15, 0.2) is 6.07 Å². The van der Waals surface area contributed by atoms with Crippen LogP contribution in [0.1, 0.15) is 18.4 Å². The molecule has 0 amide bonds. The van der Waals surface area contributed by atoms with E-state index in [1.807, 2.05) is 0 Å². The quantitative estimate of drug-likeness (QED) is 0.906. The number of carbonyl (C=O) groups is 1. The standard InChI is InChI=1S/C11H12ClFO4/c1-5(11(14)15)6-4-7(12)10(17-3)8(13)9(6)16-2/h4-5H,1-3H3,(H,14,15). The predicted octanol–water partition coefficient (Wildman–Crippen LogP) is 2.68. The van der Waals surface area contributed by atoms with Crippen molar-refractivity contribution in [2.24, 2.45) is 0 Å². The number of carboxylic acids is 1. The Morgan fingerprint density at radius 3 is 2.35 bits per heavy atom. The first-order valence-corrected chi connectivity index (χ1v) is 5.14. The Morgan fingerprint density at radius 2 is 1.94 bits per heavy atom. The van der Waals surface area contributed by atoms with Crippen LogP contribution in [0.4, 0.5) is 4.39 Å². The van der Waals surface area contributed by atoms with Gasteiger partial charge in [-0.05, 0) is 13.0 Å². The predicted molar refractivity (Wildman–Crippen MR) is 60.6 cm³/mol. The van der Waals surface area contributed by atoms with Gasteiger partial charge in [-0.3, -0.25) is 4.79 Å². The minimum atomic E-state index is -1.09. The van der Waals surface area contributed by atoms with Gasteiger partial charge in [-0.2, -0.15) is 4.39 Å². The number of benzene rings is 1. The highest BCUT2D eigenvalue weighted by Gasteiger charge is 2.25. The summed E-state index contributed by atoms with van der Waals surface area (Å²) in [4.78, 5) is 10.9. The minimum absolute atomic E-state index is 0.00824. The summed E-state index contributed by atoms with van der Waals surface area (Å²) in [6.07, 6.45) is 0. The monoisotopic (exact) mass is 262 g/mol. The molecular weight excluding hydrogens is 251 g/mol. The first kappa shape index (κ1) is 13.6. The Morgan fingerprint density at radius 1 is 1.41 bits per heavy atom. The molecule has 4 nitrogen and oxygen atoms in total. The van der Waals surface area contributed by atoms with Gasteiger partial charge in [0.25, 0.3) is 0 Å². The molecule has 17 heavy (non-hydrogen) atoms. The lowest BCUT2D eigenvalue weighted by Crippen LogP contribution is -2.10. The third-order valence-corrected chi connectivity index (χ3v) is 2.69. The number of ether oxygens (including phenoxy) is 2. The fourth-order valence-corrected chi connectivity index (χ4v) is 1.73. The molecule has 0 fully saturated rings. The molecule has 0 aliphatic carbocycles. The van der Waals surface area contributed by atoms with Crippen molar-refractivity contribution in [3.05, 3.63) is 22.5 Å². The van der Waals surface area contributed by atoms with Gasteiger partial charge in [0.1, 0.15) is 0 Å². The number of hydrogen-bond acceptors (Lipinski definition) is 3. The van der Waals surface area contributed by atoms with E-state index in [-0.39, 0.29) is 22.1 Å². The summed E-state index contributed by atoms with van der Waals surface area (Å²) in [6, 6.07) is 1.33. The zero-order chi connectivity index (χ0) is 13.2. The van der Waals surface area contributed by atoms with Crippen molar-refractivity contribution in [2.75, 3.05) is 14.2 Å². The summed E-state index contributed by atoms with van der Waals surface area (Å²) in [5, 5.41) is 8.92. The van der Waals surface area contributed by atoms with E-state index in [1.165, 1.54) is 27.2 Å². The minimum Gasteiger partial charge on any atom is -0.493 e. The molecule has 1 rings (SSSR count). The van der Waals surface area contributed by atoms with E-state index in [2.05, 4.69) is 0 Å². The van der Waals surface area contributed by atoms with E-state index in [0.717, 1.165) is 0 Å². The van der Waals surface area contributed by atoms with Crippen LogP contribution in [0.25, 0.3) is 0 Å². The molecule has 0 aliphatic rings. The smallest absolute Gasteiger partial charge is 0.310 e. The fourth-order valence-electron chi connectivity index (χ4n) is 1.45. The molecule has 1 atom stereocenters. The number of rotatable bonds is 4. The summed E-state index contributed by atoms with van der Waals surface area (Å²) >= 11 is 5.80. The molecule has 1 N–H and O–H groups in total. The van der Waals surface area contributed by atoms with Crippen LogP contribution in [-0.2, 0) is 4.79 Å². The van der Waals surface area contributed by atoms with Gasteiger partial charge in [0, 0.05) is 5.56 Å². The van der Waals surface area contributed by atoms with Gasteiger partial charge in [0.2, 0.25) is 5.82 Å². The molecule has 0 saturated heterocycles. The molecule has 0 heterocycles. The molecule has 0 saturated carbocycles. The van der Waals surface area contributed by atoms with E-state index >= 15 is 0 Å². The molecule has 0 aromatic heterocycles. The van der Waals surface area contributed by atoms with Crippen LogP contribution in [-0.4, -0.2) is 25.3 Å². The average molecular weight is 263 g/mol. The lowest BCUT2D eigenvalue weighted by Gasteiger charge is -2.16. The molecule has 1 aromatic carbocycles. The lowest BCUT2D eigenvalue weighted by atomic mass is 9.99. The Kier molecular flexibility index (Phi) is 4.17. The van der Waals surface area contributed by atoms with E-state index in [1.54, 1.807) is 0 Å². The molecule has 94 valence electrons. The van der Waals surface area contributed by atoms with Gasteiger partial charge in [-0.15, -0.1) is 0 Å². The van der Waals surface area contributed by atoms with Crippen LogP contribution < -0.4 is 9.47 Å². The normalized spacial score (nSPS) is 12.1. The van der Waals surface area contributed by atoms with Crippen molar-refractivity contribution in [3.8, 4) is 11.5 Å². The molecule has 1 unspecified atom stereocenters. The summed E-state index contributed by atoms with van der Waals surface area (Å²) in [5.74, 6) is -3.15. The molecule has 6 heteroatoms. The van der Waals surface area contributed by atoms with Gasteiger partial charge in [0.05, 0.1) is 25.2 Å². The zero-order valence-corrected chi connectivity index (χ0v) is 10.3. The number of hydrogen-bond donors (Lipinski definition) is 1. The van der Waals surface area contributed by atoms with Crippen LogP contribution in [0.3, 0.4) is 0 Å². The summed E-state index contributed by atoms with van der Waals surface area (Å²) < 4.78 is 23.5. The molecule has 0 bridgehead atoms. The van der Waals surface area contributed by atoms with Gasteiger partial charge in [0.15, 0.2) is 11.5 Å². The number of aliphatic carboxylic acids is 1. The second-order valence-electron chi connectivity index (χ2n) is 3.39. The molecule has 0 spiro atoms. The van der Waals surface area contributed by atoms with Crippen molar-refractivity contribution in [1.82, 2.24) is 0 Å². The number of halogens is 2. The Hall–Kier alpha value is -1.49. The van der Waals surface area contributed by atoms with E-state index < -0.39 is 17.7 Å². The first-order chi connectivity index (χ1) is 7.93. The number of carboxylic acid groups (broad SMARTS) is 1. The van der Waals surface area contributed by atoms with Crippen molar-refractivity contribution >= 4 is 17.6 Å². The van der Waals surface area contributed by atoms with Crippen LogP contribution in [0, 0.1) is 5.82 Å². The van der Waals surface area contributed by atoms with E-state index in [4.69, 9.17) is 26.2 Å². The first-order valence-electron chi connectivity index (χ1n) is 4.76. The summed E-state index contributed by atoms with van der Waals surface area (Å²) in [7, 11) is 2.52. The van der Waals surface area contributed by atoms with Crippen molar-refractivity contribution < 1.29 is 23.8 Å². The topological polar surface area (TPSA) is 55.8 Å². The average Bonchev–Trinajstić information content (AvgIpc) is 2.27. The lowest BCUT2D eigenvalue weighted by molar-refractivity contribution is -0.138. The maximum absolute atomic E-state index is 13.9. The van der Waals surface area contributed by atoms with Gasteiger partial charge >= 0.3 is 5.97 Å². The van der Waals surface area contributed by atoms with Crippen molar-refractivity contribution in [3.63, 3.8) is 0 Å². The van der Waals surface area contributed by atoms with E-state index in [0.29, 0.717) is 0 Å². The second kappa shape index (κ2) is 5.23. The highest BCUT2D eigenvalue weighted by molar-refractivity contribution is 6.32.